The lowest BCUT2D eigenvalue weighted by molar-refractivity contribution is -0.121. The molecule has 3 aromatic rings. The van der Waals surface area contributed by atoms with Gasteiger partial charge in [0.05, 0.1) is 4.88 Å². The van der Waals surface area contributed by atoms with Crippen LogP contribution in [0.4, 0.5) is 15.5 Å². The van der Waals surface area contributed by atoms with Crippen molar-refractivity contribution < 1.29 is 19.1 Å². The first-order valence-electron chi connectivity index (χ1n) is 10.5. The molecule has 2 aromatic carbocycles. The van der Waals surface area contributed by atoms with E-state index in [0.717, 1.165) is 12.0 Å². The molecule has 1 aromatic heterocycles. The second-order valence-corrected chi connectivity index (χ2v) is 8.66. The molecule has 1 fully saturated rings. The van der Waals surface area contributed by atoms with Gasteiger partial charge < -0.3 is 4.74 Å². The van der Waals surface area contributed by atoms with Crippen molar-refractivity contribution in [2.75, 3.05) is 11.4 Å². The molecule has 6 nitrogen and oxygen atoms in total. The summed E-state index contributed by atoms with van der Waals surface area (Å²) in [6.07, 6.45) is 0.796. The Labute approximate surface area is 191 Å². The Morgan fingerprint density at radius 3 is 2.34 bits per heavy atom. The summed E-state index contributed by atoms with van der Waals surface area (Å²) in [6.45, 7) is 2.13. The van der Waals surface area contributed by atoms with Crippen LogP contribution >= 0.6 is 11.3 Å². The van der Waals surface area contributed by atoms with Gasteiger partial charge in [0.2, 0.25) is 0 Å². The molecule has 1 aliphatic heterocycles. The average molecular weight is 449 g/mol. The molecular formula is C25H24N2O4S. The molecule has 1 aliphatic rings. The van der Waals surface area contributed by atoms with Gasteiger partial charge in [-0.25, -0.2) is 4.79 Å². The number of amides is 2. The van der Waals surface area contributed by atoms with Gasteiger partial charge in [0.1, 0.15) is 17.6 Å². The van der Waals surface area contributed by atoms with Crippen molar-refractivity contribution in [2.45, 2.75) is 32.4 Å². The maximum atomic E-state index is 13.7. The molecule has 0 aliphatic carbocycles. The van der Waals surface area contributed by atoms with E-state index in [0.29, 0.717) is 28.5 Å². The normalized spacial score (nSPS) is 15.4. The van der Waals surface area contributed by atoms with Crippen LogP contribution in [0.5, 0.6) is 0 Å². The maximum absolute atomic E-state index is 13.7. The third-order valence-corrected chi connectivity index (χ3v) is 6.54. The number of ketones is 1. The van der Waals surface area contributed by atoms with E-state index in [9.17, 15) is 14.4 Å². The molecule has 0 bridgehead atoms. The molecule has 2 heterocycles. The second kappa shape index (κ2) is 9.78. The lowest BCUT2D eigenvalue weighted by Gasteiger charge is -2.29. The van der Waals surface area contributed by atoms with Gasteiger partial charge >= 0.3 is 6.09 Å². The lowest BCUT2D eigenvalue weighted by Crippen LogP contribution is -2.46. The van der Waals surface area contributed by atoms with Crippen molar-refractivity contribution in [1.29, 1.82) is 0 Å². The van der Waals surface area contributed by atoms with Crippen molar-refractivity contribution >= 4 is 39.8 Å². The predicted molar refractivity (Wildman–Crippen MR) is 124 cm³/mol. The summed E-state index contributed by atoms with van der Waals surface area (Å²) < 4.78 is 5.49. The van der Waals surface area contributed by atoms with E-state index in [1.165, 1.54) is 23.2 Å². The molecule has 7 heteroatoms. The molecule has 0 saturated carbocycles. The van der Waals surface area contributed by atoms with Crippen molar-refractivity contribution in [2.24, 2.45) is 0 Å². The maximum Gasteiger partial charge on any atom is 0.410 e. The molecular weight excluding hydrogens is 424 g/mol. The lowest BCUT2D eigenvalue weighted by atomic mass is 10.1. The minimum Gasteiger partial charge on any atom is -0.445 e. The number of benzene rings is 2. The van der Waals surface area contributed by atoms with E-state index < -0.39 is 12.1 Å². The van der Waals surface area contributed by atoms with Gasteiger partial charge in [-0.05, 0) is 49.6 Å². The highest BCUT2D eigenvalue weighted by molar-refractivity contribution is 7.18. The zero-order valence-electron chi connectivity index (χ0n) is 17.8. The summed E-state index contributed by atoms with van der Waals surface area (Å²) >= 11 is 1.27. The number of thiophene rings is 1. The molecule has 1 atom stereocenters. The second-order valence-electron chi connectivity index (χ2n) is 7.59. The fraction of sp³-hybridized carbons (Fsp3) is 0.240. The van der Waals surface area contributed by atoms with Crippen LogP contribution in [0.1, 0.15) is 35.0 Å². The molecule has 0 spiro atoms. The van der Waals surface area contributed by atoms with E-state index in [-0.39, 0.29) is 18.3 Å². The van der Waals surface area contributed by atoms with Gasteiger partial charge in [-0.1, -0.05) is 48.5 Å². The highest BCUT2D eigenvalue weighted by Crippen LogP contribution is 2.35. The van der Waals surface area contributed by atoms with E-state index in [1.54, 1.807) is 17.0 Å². The third kappa shape index (κ3) is 4.73. The largest absolute Gasteiger partial charge is 0.445 e. The van der Waals surface area contributed by atoms with Crippen LogP contribution in [0.25, 0.3) is 0 Å². The Morgan fingerprint density at radius 2 is 1.69 bits per heavy atom. The van der Waals surface area contributed by atoms with Crippen molar-refractivity contribution in [3.05, 3.63) is 83.2 Å². The minimum atomic E-state index is -0.624. The SMILES string of the molecule is CC(=O)c1ccc(N(C(=O)C2CCCN2C(=O)OCc2ccccc2)c2ccccc2)s1. The van der Waals surface area contributed by atoms with Crippen LogP contribution in [0.3, 0.4) is 0 Å². The van der Waals surface area contributed by atoms with E-state index in [1.807, 2.05) is 60.7 Å². The number of Topliss-reactive ketones (excluding diaryl/α,β-unsaturated/α-hetero) is 1. The first-order chi connectivity index (χ1) is 15.5. The Kier molecular flexibility index (Phi) is 6.66. The van der Waals surface area contributed by atoms with Crippen molar-refractivity contribution in [3.8, 4) is 0 Å². The quantitative estimate of drug-likeness (QED) is 0.473. The van der Waals surface area contributed by atoms with Crippen LogP contribution in [0.2, 0.25) is 0 Å². The Balaban J connectivity index is 1.56. The molecule has 164 valence electrons. The Hall–Kier alpha value is -3.45. The summed E-state index contributed by atoms with van der Waals surface area (Å²) in [4.78, 5) is 42.0. The Bertz CT molecular complexity index is 1100. The number of carbonyl (C=O) groups excluding carboxylic acids is 3. The van der Waals surface area contributed by atoms with Crippen LogP contribution < -0.4 is 4.90 Å². The summed E-state index contributed by atoms with van der Waals surface area (Å²) in [5.74, 6) is -0.254. The fourth-order valence-electron chi connectivity index (χ4n) is 3.77. The van der Waals surface area contributed by atoms with Gasteiger partial charge in [-0.2, -0.15) is 0 Å². The number of rotatable bonds is 6. The zero-order valence-corrected chi connectivity index (χ0v) is 18.6. The van der Waals surface area contributed by atoms with E-state index in [4.69, 9.17) is 4.74 Å². The number of carbonyl (C=O) groups is 3. The van der Waals surface area contributed by atoms with Crippen molar-refractivity contribution in [3.63, 3.8) is 0 Å². The molecule has 4 rings (SSSR count). The summed E-state index contributed by atoms with van der Waals surface area (Å²) in [6, 6.07) is 21.6. The van der Waals surface area contributed by atoms with Gasteiger partial charge in [0, 0.05) is 12.2 Å². The van der Waals surface area contributed by atoms with Gasteiger partial charge in [-0.3, -0.25) is 19.4 Å². The first kappa shape index (κ1) is 21.8. The molecule has 0 radical (unpaired) electrons. The van der Waals surface area contributed by atoms with Crippen LogP contribution in [0, 0.1) is 0 Å². The van der Waals surface area contributed by atoms with Gasteiger partial charge in [0.25, 0.3) is 5.91 Å². The van der Waals surface area contributed by atoms with Crippen LogP contribution in [-0.4, -0.2) is 35.3 Å². The fourth-order valence-corrected chi connectivity index (χ4v) is 4.70. The Morgan fingerprint density at radius 1 is 1.00 bits per heavy atom. The minimum absolute atomic E-state index is 0.0475. The number of anilines is 2. The van der Waals surface area contributed by atoms with Crippen LogP contribution in [0.15, 0.2) is 72.8 Å². The monoisotopic (exact) mass is 448 g/mol. The number of hydrogen-bond donors (Lipinski definition) is 0. The third-order valence-electron chi connectivity index (χ3n) is 5.37. The first-order valence-corrected chi connectivity index (χ1v) is 11.3. The molecule has 1 unspecified atom stereocenters. The van der Waals surface area contributed by atoms with Gasteiger partial charge in [0.15, 0.2) is 5.78 Å². The van der Waals surface area contributed by atoms with E-state index in [2.05, 4.69) is 0 Å². The number of para-hydroxylation sites is 1. The highest BCUT2D eigenvalue weighted by Gasteiger charge is 2.38. The molecule has 0 N–H and O–H groups in total. The molecule has 32 heavy (non-hydrogen) atoms. The summed E-state index contributed by atoms with van der Waals surface area (Å²) in [5.41, 5.74) is 1.59. The van der Waals surface area contributed by atoms with Crippen LogP contribution in [-0.2, 0) is 16.1 Å². The molecule has 2 amide bonds. The summed E-state index contributed by atoms with van der Waals surface area (Å²) in [7, 11) is 0. The number of likely N-dealkylation sites (tertiary alicyclic amines) is 1. The predicted octanol–water partition coefficient (Wildman–Crippen LogP) is 5.42. The smallest absolute Gasteiger partial charge is 0.410 e. The highest BCUT2D eigenvalue weighted by atomic mass is 32.1. The average Bonchev–Trinajstić information content (AvgIpc) is 3.49. The number of nitrogens with zero attached hydrogens (tertiary/aromatic N) is 2. The topological polar surface area (TPSA) is 66.9 Å². The molecule has 1 saturated heterocycles. The van der Waals surface area contributed by atoms with Crippen molar-refractivity contribution in [1.82, 2.24) is 4.90 Å². The zero-order chi connectivity index (χ0) is 22.5. The van der Waals surface area contributed by atoms with E-state index >= 15 is 0 Å². The number of hydrogen-bond acceptors (Lipinski definition) is 5. The summed E-state index contributed by atoms with van der Waals surface area (Å²) in [5, 5.41) is 0.649. The standard InChI is InChI=1S/C25H24N2O4S/c1-18(28)22-14-15-23(32-22)27(20-11-6-3-7-12-20)24(29)21-13-8-16-26(21)25(30)31-17-19-9-4-2-5-10-19/h2-7,9-12,14-15,21H,8,13,16-17H2,1H3. The number of ether oxygens (including phenoxy) is 1. The van der Waals surface area contributed by atoms with Gasteiger partial charge in [-0.15, -0.1) is 11.3 Å².